The number of nitrogens with zero attached hydrogens (tertiary/aromatic N) is 6. The Morgan fingerprint density at radius 2 is 0.780 bits per heavy atom. The van der Waals surface area contributed by atoms with Crippen LogP contribution in [0.25, 0.3) is 99.5 Å². The van der Waals surface area contributed by atoms with Crippen molar-refractivity contribution in [2.24, 2.45) is 0 Å². The maximum absolute atomic E-state index is 5.06. The van der Waals surface area contributed by atoms with Crippen molar-refractivity contribution in [1.82, 2.24) is 29.9 Å². The highest BCUT2D eigenvalue weighted by Gasteiger charge is 2.10. The first-order chi connectivity index (χ1) is 24.7. The van der Waals surface area contributed by atoms with Crippen LogP contribution in [0.15, 0.2) is 158 Å². The number of rotatable bonds is 4. The van der Waals surface area contributed by atoms with E-state index in [1.54, 1.807) is 18.5 Å². The smallest absolute Gasteiger partial charge is 0.178 e. The summed E-state index contributed by atoms with van der Waals surface area (Å²) in [6.45, 7) is 0. The molecule has 0 bridgehead atoms. The maximum Gasteiger partial charge on any atom is 0.178 e. The number of benzene rings is 5. The topological polar surface area (TPSA) is 77.3 Å². The molecule has 6 nitrogen and oxygen atoms in total. The average molecular weight is 639 g/mol. The molecule has 0 spiro atoms. The molecule has 0 aliphatic carbocycles. The SMILES string of the molecule is c1cnc(-c2ccc3cc(-c4ccc5nc(-c6ccc7cc(-c8ccc9ccc%10cccnc%10c9n8)ccc7c6)ccc5c4)ccc3n2)nc1. The Hall–Kier alpha value is -6.92. The van der Waals surface area contributed by atoms with E-state index >= 15 is 0 Å². The summed E-state index contributed by atoms with van der Waals surface area (Å²) in [6, 6.07) is 48.5. The first-order valence-electron chi connectivity index (χ1n) is 16.5. The van der Waals surface area contributed by atoms with Gasteiger partial charge in [-0.3, -0.25) is 4.98 Å². The molecule has 0 aliphatic rings. The summed E-state index contributed by atoms with van der Waals surface area (Å²) in [7, 11) is 0. The second-order valence-corrected chi connectivity index (χ2v) is 12.5. The van der Waals surface area contributed by atoms with E-state index < -0.39 is 0 Å². The lowest BCUT2D eigenvalue weighted by molar-refractivity contribution is 1.15. The van der Waals surface area contributed by atoms with Crippen molar-refractivity contribution in [3.63, 3.8) is 0 Å². The Labute approximate surface area is 286 Å². The highest BCUT2D eigenvalue weighted by atomic mass is 14.9. The van der Waals surface area contributed by atoms with Crippen LogP contribution in [0.3, 0.4) is 0 Å². The van der Waals surface area contributed by atoms with Gasteiger partial charge in [0, 0.05) is 51.3 Å². The van der Waals surface area contributed by atoms with Crippen molar-refractivity contribution in [2.45, 2.75) is 0 Å². The second kappa shape index (κ2) is 11.4. The Bertz CT molecular complexity index is 2940. The van der Waals surface area contributed by atoms with Gasteiger partial charge in [0.1, 0.15) is 5.69 Å². The third kappa shape index (κ3) is 4.90. The molecule has 232 valence electrons. The van der Waals surface area contributed by atoms with Crippen LogP contribution < -0.4 is 0 Å². The van der Waals surface area contributed by atoms with Crippen molar-refractivity contribution >= 4 is 54.4 Å². The van der Waals surface area contributed by atoms with Crippen molar-refractivity contribution in [2.75, 3.05) is 0 Å². The largest absolute Gasteiger partial charge is 0.254 e. The first-order valence-corrected chi connectivity index (χ1v) is 16.5. The zero-order valence-corrected chi connectivity index (χ0v) is 26.7. The van der Waals surface area contributed by atoms with Crippen molar-refractivity contribution in [3.05, 3.63) is 158 Å². The molecule has 5 heterocycles. The van der Waals surface area contributed by atoms with E-state index in [2.05, 4.69) is 136 Å². The van der Waals surface area contributed by atoms with Gasteiger partial charge < -0.3 is 0 Å². The summed E-state index contributed by atoms with van der Waals surface area (Å²) in [5.74, 6) is 0.624. The van der Waals surface area contributed by atoms with Gasteiger partial charge in [-0.15, -0.1) is 0 Å². The van der Waals surface area contributed by atoms with E-state index in [0.717, 1.165) is 93.7 Å². The molecule has 5 aromatic carbocycles. The summed E-state index contributed by atoms with van der Waals surface area (Å²) >= 11 is 0. The lowest BCUT2D eigenvalue weighted by atomic mass is 9.99. The third-order valence-electron chi connectivity index (χ3n) is 9.37. The number of fused-ring (bicyclic) bond motifs is 6. The molecule has 10 aromatic rings. The third-order valence-corrected chi connectivity index (χ3v) is 9.37. The monoisotopic (exact) mass is 638 g/mol. The minimum absolute atomic E-state index is 0.624. The Morgan fingerprint density at radius 1 is 0.300 bits per heavy atom. The van der Waals surface area contributed by atoms with E-state index in [0.29, 0.717) is 5.82 Å². The van der Waals surface area contributed by atoms with Crippen LogP contribution in [0.5, 0.6) is 0 Å². The fourth-order valence-electron chi connectivity index (χ4n) is 6.78. The molecule has 0 saturated carbocycles. The number of hydrogen-bond donors (Lipinski definition) is 0. The van der Waals surface area contributed by atoms with E-state index in [1.165, 1.54) is 0 Å². The molecule has 0 radical (unpaired) electrons. The van der Waals surface area contributed by atoms with Crippen molar-refractivity contribution in [1.29, 1.82) is 0 Å². The maximum atomic E-state index is 5.06. The van der Waals surface area contributed by atoms with Gasteiger partial charge in [0.15, 0.2) is 5.82 Å². The average Bonchev–Trinajstić information content (AvgIpc) is 3.19. The number of hydrogen-bond acceptors (Lipinski definition) is 6. The summed E-state index contributed by atoms with van der Waals surface area (Å²) in [6.07, 6.45) is 5.29. The van der Waals surface area contributed by atoms with Crippen molar-refractivity contribution in [3.8, 4) is 45.2 Å². The lowest BCUT2D eigenvalue weighted by Gasteiger charge is -2.09. The minimum Gasteiger partial charge on any atom is -0.254 e. The van der Waals surface area contributed by atoms with Crippen LogP contribution in [0.2, 0.25) is 0 Å². The predicted octanol–water partition coefficient (Wildman–Crippen LogP) is 10.5. The predicted molar refractivity (Wildman–Crippen MR) is 202 cm³/mol. The van der Waals surface area contributed by atoms with E-state index in [-0.39, 0.29) is 0 Å². The van der Waals surface area contributed by atoms with E-state index in [9.17, 15) is 0 Å². The fourth-order valence-corrected chi connectivity index (χ4v) is 6.78. The number of aromatic nitrogens is 6. The Kier molecular flexibility index (Phi) is 6.39. The van der Waals surface area contributed by atoms with Gasteiger partial charge >= 0.3 is 0 Å². The van der Waals surface area contributed by atoms with Gasteiger partial charge in [-0.1, -0.05) is 72.8 Å². The normalized spacial score (nSPS) is 11.6. The molecular formula is C44H26N6. The molecule has 6 heteroatoms. The summed E-state index contributed by atoms with van der Waals surface area (Å²) < 4.78 is 0. The summed E-state index contributed by atoms with van der Waals surface area (Å²) in [5, 5.41) is 6.66. The van der Waals surface area contributed by atoms with Crippen LogP contribution in [0.4, 0.5) is 0 Å². The Balaban J connectivity index is 0.937. The van der Waals surface area contributed by atoms with Crippen LogP contribution in [0.1, 0.15) is 0 Å². The fraction of sp³-hybridized carbons (Fsp3) is 0. The quantitative estimate of drug-likeness (QED) is 0.179. The lowest BCUT2D eigenvalue weighted by Crippen LogP contribution is -1.91. The van der Waals surface area contributed by atoms with Gasteiger partial charge in [0.05, 0.1) is 33.5 Å². The molecule has 0 saturated heterocycles. The summed E-state index contributed by atoms with van der Waals surface area (Å²) in [4.78, 5) is 28.2. The van der Waals surface area contributed by atoms with Gasteiger partial charge in [-0.2, -0.15) is 0 Å². The molecule has 0 unspecified atom stereocenters. The molecule has 0 fully saturated rings. The van der Waals surface area contributed by atoms with Crippen LogP contribution in [0, 0.1) is 0 Å². The van der Waals surface area contributed by atoms with E-state index in [1.807, 2.05) is 18.3 Å². The molecule has 5 aromatic heterocycles. The zero-order chi connectivity index (χ0) is 33.0. The first kappa shape index (κ1) is 28.1. The summed E-state index contributed by atoms with van der Waals surface area (Å²) in [5.41, 5.74) is 10.8. The molecule has 10 rings (SSSR count). The van der Waals surface area contributed by atoms with Crippen molar-refractivity contribution < 1.29 is 0 Å². The van der Waals surface area contributed by atoms with Gasteiger partial charge in [-0.25, -0.2) is 24.9 Å². The molecule has 0 N–H and O–H groups in total. The highest BCUT2D eigenvalue weighted by Crippen LogP contribution is 2.32. The van der Waals surface area contributed by atoms with Gasteiger partial charge in [-0.05, 0) is 88.6 Å². The molecular weight excluding hydrogens is 613 g/mol. The molecule has 50 heavy (non-hydrogen) atoms. The highest BCUT2D eigenvalue weighted by molar-refractivity contribution is 6.03. The second-order valence-electron chi connectivity index (χ2n) is 12.5. The standard InChI is InChI=1S/C44H26N6/c1-3-27-4-5-28-10-15-40(50-43(28)42(27)45-20-1)34-9-7-29-23-33(8-6-30(29)24-34)38-18-13-35-25-31(11-16-37(35)48-38)32-12-17-39-36(26-32)14-19-41(49-39)44-46-21-2-22-47-44/h1-26H. The number of pyridine rings is 4. The molecule has 0 amide bonds. The zero-order valence-electron chi connectivity index (χ0n) is 26.7. The van der Waals surface area contributed by atoms with Crippen LogP contribution in [-0.4, -0.2) is 29.9 Å². The molecule has 0 atom stereocenters. The molecule has 0 aliphatic heterocycles. The van der Waals surface area contributed by atoms with Crippen LogP contribution in [-0.2, 0) is 0 Å². The Morgan fingerprint density at radius 3 is 1.46 bits per heavy atom. The van der Waals surface area contributed by atoms with Crippen LogP contribution >= 0.6 is 0 Å². The van der Waals surface area contributed by atoms with Gasteiger partial charge in [0.2, 0.25) is 0 Å². The van der Waals surface area contributed by atoms with Gasteiger partial charge in [0.25, 0.3) is 0 Å². The minimum atomic E-state index is 0.624. The van der Waals surface area contributed by atoms with E-state index in [4.69, 9.17) is 15.0 Å².